The Kier molecular flexibility index (Phi) is 5.16. The number of carbonyl (C=O) groups is 1. The van der Waals surface area contributed by atoms with Crippen molar-refractivity contribution in [1.29, 1.82) is 0 Å². The number of benzene rings is 1. The third-order valence-electron chi connectivity index (χ3n) is 4.90. The summed E-state index contributed by atoms with van der Waals surface area (Å²) >= 11 is 0. The molecule has 4 rings (SSSR count). The number of pyridine rings is 2. The monoisotopic (exact) mass is 402 g/mol. The van der Waals surface area contributed by atoms with Crippen LogP contribution in [0.4, 0.5) is 5.82 Å². The minimum absolute atomic E-state index is 0.126. The van der Waals surface area contributed by atoms with Gasteiger partial charge < -0.3 is 5.73 Å². The Bertz CT molecular complexity index is 1220. The first kappa shape index (κ1) is 19.5. The number of nitrogens with two attached hydrogens (primary N) is 1. The van der Waals surface area contributed by atoms with Gasteiger partial charge in [0.25, 0.3) is 0 Å². The van der Waals surface area contributed by atoms with E-state index in [-0.39, 0.29) is 12.3 Å². The van der Waals surface area contributed by atoms with Crippen molar-refractivity contribution in [3.8, 4) is 17.1 Å². The summed E-state index contributed by atoms with van der Waals surface area (Å²) in [4.78, 5) is 30.7. The summed E-state index contributed by atoms with van der Waals surface area (Å²) in [6.45, 7) is 1.94. The van der Waals surface area contributed by atoms with Gasteiger partial charge in [-0.2, -0.15) is 0 Å². The predicted octanol–water partition coefficient (Wildman–Crippen LogP) is 2.94. The number of amides is 1. The molecule has 0 unspecified atom stereocenters. The quantitative estimate of drug-likeness (QED) is 0.515. The van der Waals surface area contributed by atoms with Crippen molar-refractivity contribution in [2.45, 2.75) is 13.3 Å². The third-order valence-corrected chi connectivity index (χ3v) is 4.90. The minimum atomic E-state index is -0.126. The number of anilines is 1. The van der Waals surface area contributed by atoms with Crippen LogP contribution in [0.15, 0.2) is 54.7 Å². The molecule has 0 radical (unpaired) electrons. The van der Waals surface area contributed by atoms with Crippen molar-refractivity contribution in [2.24, 2.45) is 0 Å². The highest BCUT2D eigenvalue weighted by molar-refractivity contribution is 5.83. The molecule has 3 heterocycles. The van der Waals surface area contributed by atoms with Crippen LogP contribution in [-0.4, -0.2) is 44.6 Å². The van der Waals surface area contributed by atoms with Crippen LogP contribution in [0.1, 0.15) is 11.3 Å². The molecule has 1 amide bonds. The fourth-order valence-corrected chi connectivity index (χ4v) is 3.23. The molecule has 0 spiro atoms. The summed E-state index contributed by atoms with van der Waals surface area (Å²) in [6.07, 6.45) is 1.89. The van der Waals surface area contributed by atoms with Crippen LogP contribution in [0.2, 0.25) is 0 Å². The van der Waals surface area contributed by atoms with Crippen molar-refractivity contribution in [1.82, 2.24) is 24.6 Å². The summed E-state index contributed by atoms with van der Waals surface area (Å²) in [7, 11) is 3.05. The second-order valence-corrected chi connectivity index (χ2v) is 6.92. The molecule has 0 saturated heterocycles. The van der Waals surface area contributed by atoms with E-state index in [4.69, 9.17) is 20.5 Å². The number of likely N-dealkylation sites (N-methyl/N-ethyl adjacent to an activating group) is 1. The lowest BCUT2D eigenvalue weighted by atomic mass is 10.1. The second kappa shape index (κ2) is 7.92. The molecule has 3 aromatic heterocycles. The first-order valence-corrected chi connectivity index (χ1v) is 9.45. The molecule has 0 atom stereocenters. The Balaban J connectivity index is 1.82. The number of nitrogen functional groups attached to an aromatic ring is 1. The smallest absolute Gasteiger partial charge is 0.250 e. The first-order valence-electron chi connectivity index (χ1n) is 9.45. The van der Waals surface area contributed by atoms with Crippen molar-refractivity contribution < 1.29 is 9.63 Å². The number of rotatable bonds is 5. The number of carbonyl (C=O) groups excluding carboxylic acids is 1. The normalized spacial score (nSPS) is 11.0. The van der Waals surface area contributed by atoms with Crippen LogP contribution in [-0.2, 0) is 16.1 Å². The topological polar surface area (TPSA) is 99.2 Å². The summed E-state index contributed by atoms with van der Waals surface area (Å²) in [5.41, 5.74) is 11.0. The van der Waals surface area contributed by atoms with E-state index in [0.29, 0.717) is 11.6 Å². The molecule has 0 saturated carbocycles. The number of hydrogen-bond acceptors (Lipinski definition) is 6. The number of nitrogens with zero attached hydrogens (tertiary/aromatic N) is 5. The molecule has 0 bridgehead atoms. The molecule has 0 fully saturated rings. The first-order chi connectivity index (χ1) is 14.5. The molecule has 0 aliphatic carbocycles. The van der Waals surface area contributed by atoms with Crippen LogP contribution >= 0.6 is 0 Å². The Hall–Kier alpha value is -3.78. The van der Waals surface area contributed by atoms with Crippen molar-refractivity contribution in [2.75, 3.05) is 19.9 Å². The Morgan fingerprint density at radius 3 is 2.60 bits per heavy atom. The molecule has 8 nitrogen and oxygen atoms in total. The van der Waals surface area contributed by atoms with Crippen LogP contribution in [0, 0.1) is 6.92 Å². The van der Waals surface area contributed by atoms with E-state index >= 15 is 0 Å². The predicted molar refractivity (Wildman–Crippen MR) is 115 cm³/mol. The van der Waals surface area contributed by atoms with Gasteiger partial charge in [0.05, 0.1) is 19.1 Å². The van der Waals surface area contributed by atoms with Crippen LogP contribution in [0.3, 0.4) is 0 Å². The van der Waals surface area contributed by atoms with Gasteiger partial charge in [-0.3, -0.25) is 14.2 Å². The molecule has 2 N–H and O–H groups in total. The van der Waals surface area contributed by atoms with Gasteiger partial charge in [-0.25, -0.2) is 20.0 Å². The lowest BCUT2D eigenvalue weighted by molar-refractivity contribution is -0.167. The maximum absolute atomic E-state index is 12.1. The average Bonchev–Trinajstić information content (AvgIpc) is 3.12. The SMILES string of the molecule is CON(C)C(=O)Cc1ccc(-n2c(-c3cccnc3N)nc3ccc(C)nc32)cc1. The molecule has 4 aromatic rings. The highest BCUT2D eigenvalue weighted by Gasteiger charge is 2.18. The fraction of sp³-hybridized carbons (Fsp3) is 0.182. The number of aromatic nitrogens is 4. The van der Waals surface area contributed by atoms with Gasteiger partial charge in [-0.15, -0.1) is 0 Å². The Morgan fingerprint density at radius 2 is 1.90 bits per heavy atom. The second-order valence-electron chi connectivity index (χ2n) is 6.92. The molecule has 1 aromatic carbocycles. The minimum Gasteiger partial charge on any atom is -0.383 e. The highest BCUT2D eigenvalue weighted by Crippen LogP contribution is 2.30. The number of aryl methyl sites for hydroxylation is 1. The average molecular weight is 402 g/mol. The van der Waals surface area contributed by atoms with Crippen molar-refractivity contribution >= 4 is 22.9 Å². The zero-order valence-corrected chi connectivity index (χ0v) is 17.0. The number of hydroxylamine groups is 2. The summed E-state index contributed by atoms with van der Waals surface area (Å²) in [5.74, 6) is 0.937. The van der Waals surface area contributed by atoms with Gasteiger partial charge in [0.15, 0.2) is 11.5 Å². The van der Waals surface area contributed by atoms with Crippen LogP contribution < -0.4 is 5.73 Å². The van der Waals surface area contributed by atoms with E-state index in [1.807, 2.05) is 60.0 Å². The third kappa shape index (κ3) is 3.60. The summed E-state index contributed by atoms with van der Waals surface area (Å²) in [5, 5.41) is 1.22. The largest absolute Gasteiger partial charge is 0.383 e. The Labute approximate surface area is 173 Å². The fourth-order valence-electron chi connectivity index (χ4n) is 3.23. The number of imidazole rings is 1. The van der Waals surface area contributed by atoms with Gasteiger partial charge in [0.2, 0.25) is 5.91 Å². The van der Waals surface area contributed by atoms with Gasteiger partial charge >= 0.3 is 0 Å². The molecule has 0 aliphatic rings. The lowest BCUT2D eigenvalue weighted by Crippen LogP contribution is -2.26. The van der Waals surface area contributed by atoms with Gasteiger partial charge in [0, 0.05) is 24.6 Å². The van der Waals surface area contributed by atoms with Crippen LogP contribution in [0.25, 0.3) is 28.2 Å². The van der Waals surface area contributed by atoms with E-state index in [9.17, 15) is 4.79 Å². The van der Waals surface area contributed by atoms with Gasteiger partial charge in [0.1, 0.15) is 11.3 Å². The lowest BCUT2D eigenvalue weighted by Gasteiger charge is -2.14. The zero-order chi connectivity index (χ0) is 21.3. The van der Waals surface area contributed by atoms with Crippen LogP contribution in [0.5, 0.6) is 0 Å². The summed E-state index contributed by atoms with van der Waals surface area (Å²) < 4.78 is 1.96. The molecular formula is C22H22N6O2. The zero-order valence-electron chi connectivity index (χ0n) is 17.0. The molecule has 152 valence electrons. The van der Waals surface area contributed by atoms with Crippen molar-refractivity contribution in [3.63, 3.8) is 0 Å². The Morgan fingerprint density at radius 1 is 1.13 bits per heavy atom. The summed E-state index contributed by atoms with van der Waals surface area (Å²) in [6, 6.07) is 15.3. The molecule has 0 aliphatic heterocycles. The van der Waals surface area contributed by atoms with E-state index in [1.165, 1.54) is 12.2 Å². The van der Waals surface area contributed by atoms with E-state index in [0.717, 1.165) is 33.7 Å². The maximum Gasteiger partial charge on any atom is 0.250 e. The molecule has 8 heteroatoms. The van der Waals surface area contributed by atoms with Gasteiger partial charge in [-0.1, -0.05) is 12.1 Å². The standard InChI is InChI=1S/C22H22N6O2/c1-14-6-11-18-22(25-14)28(21(26-18)17-5-4-12-24-20(17)23)16-9-7-15(8-10-16)13-19(29)27(2)30-3/h4-12H,13H2,1-3H3,(H2,23,24). The highest BCUT2D eigenvalue weighted by atomic mass is 16.7. The maximum atomic E-state index is 12.1. The van der Waals surface area contributed by atoms with Crippen molar-refractivity contribution in [3.05, 3.63) is 66.0 Å². The molecular weight excluding hydrogens is 380 g/mol. The van der Waals surface area contributed by atoms with Gasteiger partial charge in [-0.05, 0) is 48.9 Å². The van der Waals surface area contributed by atoms with E-state index in [2.05, 4.69) is 4.98 Å². The van der Waals surface area contributed by atoms with E-state index in [1.54, 1.807) is 13.2 Å². The number of fused-ring (bicyclic) bond motifs is 1. The molecule has 30 heavy (non-hydrogen) atoms. The number of hydrogen-bond donors (Lipinski definition) is 1. The van der Waals surface area contributed by atoms with E-state index < -0.39 is 0 Å².